The Bertz CT molecular complexity index is 755. The summed E-state index contributed by atoms with van der Waals surface area (Å²) in [6, 6.07) is 13.3. The minimum atomic E-state index is -0.730. The topological polar surface area (TPSA) is 33.4 Å². The monoisotopic (exact) mass is 322 g/mol. The Kier molecular flexibility index (Phi) is 4.19. The minimum absolute atomic E-state index is 0.269. The van der Waals surface area contributed by atoms with E-state index in [2.05, 4.69) is 0 Å². The zero-order chi connectivity index (χ0) is 14.8. The van der Waals surface area contributed by atoms with Crippen LogP contribution < -0.4 is 0 Å². The molecule has 1 N–H and O–H groups in total. The Hall–Kier alpha value is -1.49. The number of hydrogen-bond donors (Lipinski definition) is 1. The van der Waals surface area contributed by atoms with E-state index in [-0.39, 0.29) is 5.82 Å². The van der Waals surface area contributed by atoms with Gasteiger partial charge in [-0.2, -0.15) is 0 Å². The van der Waals surface area contributed by atoms with Crippen LogP contribution in [-0.2, 0) is 0 Å². The van der Waals surface area contributed by atoms with Crippen LogP contribution in [0.2, 0.25) is 5.02 Å². The van der Waals surface area contributed by atoms with Crippen molar-refractivity contribution in [2.75, 3.05) is 5.75 Å². The van der Waals surface area contributed by atoms with Gasteiger partial charge in [0.2, 0.25) is 0 Å². The van der Waals surface area contributed by atoms with E-state index in [0.717, 1.165) is 10.3 Å². The lowest BCUT2D eigenvalue weighted by atomic mass is 10.2. The van der Waals surface area contributed by atoms with Crippen molar-refractivity contribution >= 4 is 34.3 Å². The van der Waals surface area contributed by atoms with Crippen molar-refractivity contribution in [2.45, 2.75) is 11.0 Å². The van der Waals surface area contributed by atoms with Crippen molar-refractivity contribution < 1.29 is 13.9 Å². The van der Waals surface area contributed by atoms with Crippen molar-refractivity contribution in [2.24, 2.45) is 0 Å². The number of benzene rings is 2. The van der Waals surface area contributed by atoms with Crippen LogP contribution in [0.4, 0.5) is 4.39 Å². The zero-order valence-corrected chi connectivity index (χ0v) is 12.5. The van der Waals surface area contributed by atoms with Gasteiger partial charge in [-0.25, -0.2) is 4.39 Å². The first kappa shape index (κ1) is 14.4. The van der Waals surface area contributed by atoms with E-state index in [1.54, 1.807) is 36.4 Å². The van der Waals surface area contributed by atoms with E-state index in [1.807, 2.05) is 0 Å². The molecule has 0 aliphatic rings. The number of aliphatic hydroxyl groups is 1. The Morgan fingerprint density at radius 3 is 2.67 bits per heavy atom. The molecule has 0 amide bonds. The molecule has 21 heavy (non-hydrogen) atoms. The summed E-state index contributed by atoms with van der Waals surface area (Å²) < 4.78 is 18.4. The van der Waals surface area contributed by atoms with Crippen LogP contribution >= 0.6 is 23.4 Å². The summed E-state index contributed by atoms with van der Waals surface area (Å²) in [7, 11) is 0. The highest BCUT2D eigenvalue weighted by Gasteiger charge is 2.14. The number of thioether (sulfide) groups is 1. The van der Waals surface area contributed by atoms with Gasteiger partial charge in [-0.1, -0.05) is 11.6 Å². The third-order valence-electron chi connectivity index (χ3n) is 3.05. The Morgan fingerprint density at radius 1 is 1.14 bits per heavy atom. The van der Waals surface area contributed by atoms with Crippen LogP contribution in [0.5, 0.6) is 0 Å². The molecule has 0 aliphatic carbocycles. The van der Waals surface area contributed by atoms with Crippen LogP contribution in [-0.4, -0.2) is 10.9 Å². The Morgan fingerprint density at radius 2 is 1.90 bits per heavy atom. The lowest BCUT2D eigenvalue weighted by molar-refractivity contribution is 0.177. The second kappa shape index (κ2) is 6.10. The van der Waals surface area contributed by atoms with E-state index >= 15 is 0 Å². The van der Waals surface area contributed by atoms with Crippen molar-refractivity contribution in [1.29, 1.82) is 0 Å². The maximum Gasteiger partial charge on any atom is 0.134 e. The van der Waals surface area contributed by atoms with Crippen molar-refractivity contribution in [3.05, 3.63) is 65.1 Å². The highest BCUT2D eigenvalue weighted by Crippen LogP contribution is 2.30. The molecule has 1 heterocycles. The quantitative estimate of drug-likeness (QED) is 0.682. The average molecular weight is 323 g/mol. The summed E-state index contributed by atoms with van der Waals surface area (Å²) in [6.45, 7) is 0. The largest absolute Gasteiger partial charge is 0.458 e. The predicted molar refractivity (Wildman–Crippen MR) is 83.3 cm³/mol. The van der Waals surface area contributed by atoms with Crippen molar-refractivity contribution in [3.63, 3.8) is 0 Å². The summed E-state index contributed by atoms with van der Waals surface area (Å²) in [6.07, 6.45) is -0.730. The summed E-state index contributed by atoms with van der Waals surface area (Å²) in [5.74, 6) is 0.662. The van der Waals surface area contributed by atoms with E-state index in [0.29, 0.717) is 22.1 Å². The number of rotatable bonds is 4. The highest BCUT2D eigenvalue weighted by atomic mass is 35.5. The van der Waals surface area contributed by atoms with Gasteiger partial charge < -0.3 is 9.52 Å². The van der Waals surface area contributed by atoms with E-state index in [9.17, 15) is 9.50 Å². The number of hydrogen-bond acceptors (Lipinski definition) is 3. The molecule has 0 aliphatic heterocycles. The third kappa shape index (κ3) is 3.40. The second-order valence-corrected chi connectivity index (χ2v) is 6.14. The molecule has 108 valence electrons. The SMILES string of the molecule is OC(CSc1ccc(F)cc1)c1cc2cc(Cl)ccc2o1. The smallest absolute Gasteiger partial charge is 0.134 e. The van der Waals surface area contributed by atoms with Gasteiger partial charge in [0.1, 0.15) is 23.3 Å². The van der Waals surface area contributed by atoms with Gasteiger partial charge in [0.05, 0.1) is 0 Å². The zero-order valence-electron chi connectivity index (χ0n) is 10.9. The lowest BCUT2D eigenvalue weighted by Crippen LogP contribution is -1.98. The average Bonchev–Trinajstić information content (AvgIpc) is 2.89. The second-order valence-electron chi connectivity index (χ2n) is 4.61. The summed E-state index contributed by atoms with van der Waals surface area (Å²) >= 11 is 7.36. The molecular weight excluding hydrogens is 311 g/mol. The van der Waals surface area contributed by atoms with Gasteiger partial charge in [-0.3, -0.25) is 0 Å². The molecular formula is C16H12ClFO2S. The molecule has 1 unspecified atom stereocenters. The summed E-state index contributed by atoms with van der Waals surface area (Å²) in [5, 5.41) is 11.7. The molecule has 3 aromatic rings. The maximum absolute atomic E-state index is 12.8. The molecule has 1 atom stereocenters. The van der Waals surface area contributed by atoms with Crippen molar-refractivity contribution in [1.82, 2.24) is 0 Å². The molecule has 0 saturated carbocycles. The van der Waals surface area contributed by atoms with Crippen molar-refractivity contribution in [3.8, 4) is 0 Å². The van der Waals surface area contributed by atoms with Crippen LogP contribution in [0.3, 0.4) is 0 Å². The van der Waals surface area contributed by atoms with E-state index < -0.39 is 6.10 Å². The summed E-state index contributed by atoms with van der Waals surface area (Å²) in [5.41, 5.74) is 0.695. The maximum atomic E-state index is 12.8. The predicted octanol–water partition coefficient (Wildman–Crippen LogP) is 5.05. The standard InChI is InChI=1S/C16H12ClFO2S/c17-11-1-6-15-10(7-11)8-16(20-15)14(19)9-21-13-4-2-12(18)3-5-13/h1-8,14,19H,9H2. The minimum Gasteiger partial charge on any atom is -0.458 e. The first-order valence-electron chi connectivity index (χ1n) is 6.37. The Balaban J connectivity index is 1.71. The fourth-order valence-corrected chi connectivity index (χ4v) is 3.01. The highest BCUT2D eigenvalue weighted by molar-refractivity contribution is 7.99. The molecule has 3 rings (SSSR count). The van der Waals surface area contributed by atoms with Gasteiger partial charge in [-0.15, -0.1) is 11.8 Å². The van der Waals surface area contributed by atoms with Gasteiger partial charge in [0, 0.05) is 21.1 Å². The van der Waals surface area contributed by atoms with Gasteiger partial charge in [-0.05, 0) is 48.5 Å². The van der Waals surface area contributed by atoms with Crippen LogP contribution in [0.15, 0.2) is 57.8 Å². The normalized spacial score (nSPS) is 12.7. The summed E-state index contributed by atoms with van der Waals surface area (Å²) in [4.78, 5) is 0.898. The van der Waals surface area contributed by atoms with Crippen LogP contribution in [0, 0.1) is 5.82 Å². The molecule has 5 heteroatoms. The van der Waals surface area contributed by atoms with E-state index in [1.165, 1.54) is 23.9 Å². The Labute approximate surface area is 130 Å². The van der Waals surface area contributed by atoms with Gasteiger partial charge >= 0.3 is 0 Å². The number of aliphatic hydroxyl groups excluding tert-OH is 1. The number of halogens is 2. The van der Waals surface area contributed by atoms with Gasteiger partial charge in [0.15, 0.2) is 0 Å². The molecule has 2 nitrogen and oxygen atoms in total. The van der Waals surface area contributed by atoms with E-state index in [4.69, 9.17) is 16.0 Å². The third-order valence-corrected chi connectivity index (χ3v) is 4.37. The van der Waals surface area contributed by atoms with Crippen LogP contribution in [0.1, 0.15) is 11.9 Å². The molecule has 0 spiro atoms. The van der Waals surface area contributed by atoms with Gasteiger partial charge in [0.25, 0.3) is 0 Å². The lowest BCUT2D eigenvalue weighted by Gasteiger charge is -2.07. The number of fused-ring (bicyclic) bond motifs is 1. The first-order valence-corrected chi connectivity index (χ1v) is 7.73. The molecule has 0 fully saturated rings. The fraction of sp³-hybridized carbons (Fsp3) is 0.125. The van der Waals surface area contributed by atoms with Crippen LogP contribution in [0.25, 0.3) is 11.0 Å². The molecule has 0 saturated heterocycles. The molecule has 0 radical (unpaired) electrons. The molecule has 0 bridgehead atoms. The fourth-order valence-electron chi connectivity index (χ4n) is 1.99. The molecule has 1 aromatic heterocycles. The number of furan rings is 1. The molecule has 2 aromatic carbocycles. The first-order chi connectivity index (χ1) is 10.1.